The standard InChI is InChI=1S/C21H11FN4O/c22-15-5-7-18-19(10-15)26-21(25-18)14(12-24)9-16-6-8-20(27-16)17-4-2-1-3-13(17)11-23/h1-10H,(H,25,26)/b14-9-. The second kappa shape index (κ2) is 6.62. The van der Waals surface area contributed by atoms with Crippen LogP contribution in [-0.2, 0) is 0 Å². The van der Waals surface area contributed by atoms with Gasteiger partial charge in [0.1, 0.15) is 29.2 Å². The summed E-state index contributed by atoms with van der Waals surface area (Å²) in [5.41, 5.74) is 2.51. The Morgan fingerprint density at radius 1 is 1.11 bits per heavy atom. The minimum atomic E-state index is -0.382. The van der Waals surface area contributed by atoms with Gasteiger partial charge in [0.25, 0.3) is 0 Å². The number of allylic oxidation sites excluding steroid dienone is 1. The molecule has 2 aromatic heterocycles. The zero-order valence-corrected chi connectivity index (χ0v) is 13.9. The van der Waals surface area contributed by atoms with Crippen molar-refractivity contribution in [2.75, 3.05) is 0 Å². The van der Waals surface area contributed by atoms with Crippen LogP contribution in [0.15, 0.2) is 59.0 Å². The maximum absolute atomic E-state index is 13.3. The molecule has 128 valence electrons. The molecule has 0 aliphatic rings. The van der Waals surface area contributed by atoms with Crippen molar-refractivity contribution in [3.05, 3.63) is 77.6 Å². The average molecular weight is 354 g/mol. The molecule has 27 heavy (non-hydrogen) atoms. The number of hydrogen-bond acceptors (Lipinski definition) is 4. The van der Waals surface area contributed by atoms with Crippen molar-refractivity contribution in [1.29, 1.82) is 10.5 Å². The summed E-state index contributed by atoms with van der Waals surface area (Å²) in [5, 5.41) is 18.7. The normalized spacial score (nSPS) is 11.3. The molecule has 4 aromatic rings. The maximum Gasteiger partial charge on any atom is 0.149 e. The van der Waals surface area contributed by atoms with Crippen molar-refractivity contribution in [3.8, 4) is 23.5 Å². The van der Waals surface area contributed by atoms with E-state index in [1.165, 1.54) is 12.1 Å². The quantitative estimate of drug-likeness (QED) is 0.530. The van der Waals surface area contributed by atoms with Gasteiger partial charge in [-0.2, -0.15) is 10.5 Å². The van der Waals surface area contributed by atoms with Gasteiger partial charge in [-0.15, -0.1) is 0 Å². The summed E-state index contributed by atoms with van der Waals surface area (Å²) in [5.74, 6) is 0.920. The van der Waals surface area contributed by atoms with Crippen molar-refractivity contribution in [2.45, 2.75) is 0 Å². The Labute approximate surface area is 153 Å². The molecule has 0 radical (unpaired) electrons. The van der Waals surface area contributed by atoms with Gasteiger partial charge >= 0.3 is 0 Å². The van der Waals surface area contributed by atoms with Crippen LogP contribution in [0.2, 0.25) is 0 Å². The molecule has 0 bridgehead atoms. The first-order valence-corrected chi connectivity index (χ1v) is 8.05. The zero-order valence-electron chi connectivity index (χ0n) is 13.9. The van der Waals surface area contributed by atoms with Gasteiger partial charge in [-0.05, 0) is 42.5 Å². The van der Waals surface area contributed by atoms with E-state index in [4.69, 9.17) is 4.42 Å². The highest BCUT2D eigenvalue weighted by Gasteiger charge is 2.12. The Bertz CT molecular complexity index is 1270. The summed E-state index contributed by atoms with van der Waals surface area (Å²) in [6.45, 7) is 0. The van der Waals surface area contributed by atoms with Gasteiger partial charge in [0.15, 0.2) is 0 Å². The van der Waals surface area contributed by atoms with Crippen molar-refractivity contribution in [2.24, 2.45) is 0 Å². The highest BCUT2D eigenvalue weighted by molar-refractivity contribution is 5.89. The van der Waals surface area contributed by atoms with E-state index in [1.807, 2.05) is 6.07 Å². The van der Waals surface area contributed by atoms with E-state index in [1.54, 1.807) is 42.5 Å². The number of benzene rings is 2. The van der Waals surface area contributed by atoms with Crippen LogP contribution in [0.1, 0.15) is 17.1 Å². The van der Waals surface area contributed by atoms with Crippen LogP contribution in [0, 0.1) is 28.5 Å². The van der Waals surface area contributed by atoms with E-state index in [2.05, 4.69) is 22.1 Å². The number of nitrogens with zero attached hydrogens (tertiary/aromatic N) is 3. The van der Waals surface area contributed by atoms with Crippen molar-refractivity contribution >= 4 is 22.7 Å². The minimum Gasteiger partial charge on any atom is -0.457 e. The first-order chi connectivity index (χ1) is 13.2. The van der Waals surface area contributed by atoms with Gasteiger partial charge < -0.3 is 9.40 Å². The number of H-pyrrole nitrogens is 1. The first kappa shape index (κ1) is 16.3. The number of fused-ring (bicyclic) bond motifs is 1. The van der Waals surface area contributed by atoms with Crippen molar-refractivity contribution in [1.82, 2.24) is 9.97 Å². The number of hydrogen-bond donors (Lipinski definition) is 1. The second-order valence-corrected chi connectivity index (χ2v) is 5.78. The average Bonchev–Trinajstić information content (AvgIpc) is 3.32. The first-order valence-electron chi connectivity index (χ1n) is 8.05. The van der Waals surface area contributed by atoms with E-state index < -0.39 is 0 Å². The van der Waals surface area contributed by atoms with Gasteiger partial charge in [-0.1, -0.05) is 12.1 Å². The molecule has 1 N–H and O–H groups in total. The molecule has 0 saturated heterocycles. The van der Waals surface area contributed by atoms with Crippen LogP contribution >= 0.6 is 0 Å². The van der Waals surface area contributed by atoms with Crippen LogP contribution in [-0.4, -0.2) is 9.97 Å². The fourth-order valence-electron chi connectivity index (χ4n) is 2.78. The minimum absolute atomic E-state index is 0.251. The van der Waals surface area contributed by atoms with Crippen LogP contribution in [0.3, 0.4) is 0 Å². The highest BCUT2D eigenvalue weighted by Crippen LogP contribution is 2.27. The van der Waals surface area contributed by atoms with E-state index >= 15 is 0 Å². The molecule has 0 saturated carbocycles. The fourth-order valence-corrected chi connectivity index (χ4v) is 2.78. The van der Waals surface area contributed by atoms with Gasteiger partial charge in [0, 0.05) is 11.6 Å². The molecular weight excluding hydrogens is 343 g/mol. The summed E-state index contributed by atoms with van der Waals surface area (Å²) in [6, 6.07) is 18.9. The third-order valence-corrected chi connectivity index (χ3v) is 4.05. The molecular formula is C21H11FN4O. The van der Waals surface area contributed by atoms with Crippen LogP contribution < -0.4 is 0 Å². The van der Waals surface area contributed by atoms with E-state index in [0.29, 0.717) is 39.5 Å². The lowest BCUT2D eigenvalue weighted by molar-refractivity contribution is 0.572. The number of halogens is 1. The number of aromatic nitrogens is 2. The summed E-state index contributed by atoms with van der Waals surface area (Å²) in [6.07, 6.45) is 1.55. The second-order valence-electron chi connectivity index (χ2n) is 5.78. The summed E-state index contributed by atoms with van der Waals surface area (Å²) in [7, 11) is 0. The molecule has 6 heteroatoms. The molecule has 0 unspecified atom stereocenters. The molecule has 0 atom stereocenters. The largest absolute Gasteiger partial charge is 0.457 e. The van der Waals surface area contributed by atoms with Gasteiger partial charge in [-0.3, -0.25) is 0 Å². The summed E-state index contributed by atoms with van der Waals surface area (Å²) >= 11 is 0. The molecule has 5 nitrogen and oxygen atoms in total. The lowest BCUT2D eigenvalue weighted by atomic mass is 10.1. The Balaban J connectivity index is 1.72. The van der Waals surface area contributed by atoms with Crippen molar-refractivity contribution < 1.29 is 8.81 Å². The molecule has 2 heterocycles. The van der Waals surface area contributed by atoms with Gasteiger partial charge in [-0.25, -0.2) is 9.37 Å². The molecule has 0 aliphatic heterocycles. The number of furan rings is 1. The maximum atomic E-state index is 13.3. The number of aromatic amines is 1. The van der Waals surface area contributed by atoms with Gasteiger partial charge in [0.05, 0.1) is 28.2 Å². The smallest absolute Gasteiger partial charge is 0.149 e. The summed E-state index contributed by atoms with van der Waals surface area (Å²) in [4.78, 5) is 7.25. The number of rotatable bonds is 3. The third-order valence-electron chi connectivity index (χ3n) is 4.05. The molecule has 0 amide bonds. The lowest BCUT2D eigenvalue weighted by Crippen LogP contribution is -1.84. The van der Waals surface area contributed by atoms with Gasteiger partial charge in [0.2, 0.25) is 0 Å². The zero-order chi connectivity index (χ0) is 18.8. The Kier molecular flexibility index (Phi) is 4.00. The van der Waals surface area contributed by atoms with Crippen LogP contribution in [0.25, 0.3) is 34.0 Å². The molecule has 0 aliphatic carbocycles. The van der Waals surface area contributed by atoms with E-state index in [9.17, 15) is 14.9 Å². The topological polar surface area (TPSA) is 89.4 Å². The van der Waals surface area contributed by atoms with Crippen LogP contribution in [0.5, 0.6) is 0 Å². The van der Waals surface area contributed by atoms with Crippen LogP contribution in [0.4, 0.5) is 4.39 Å². The van der Waals surface area contributed by atoms with E-state index in [0.717, 1.165) is 0 Å². The number of nitriles is 2. The third kappa shape index (κ3) is 3.08. The Hall–Kier alpha value is -4.16. The molecule has 0 fully saturated rings. The lowest BCUT2D eigenvalue weighted by Gasteiger charge is -1.99. The number of imidazole rings is 1. The highest BCUT2D eigenvalue weighted by atomic mass is 19.1. The monoisotopic (exact) mass is 354 g/mol. The Morgan fingerprint density at radius 2 is 1.96 bits per heavy atom. The fraction of sp³-hybridized carbons (Fsp3) is 0. The predicted molar refractivity (Wildman–Crippen MR) is 98.4 cm³/mol. The van der Waals surface area contributed by atoms with E-state index in [-0.39, 0.29) is 11.4 Å². The molecule has 4 rings (SSSR count). The number of nitrogens with one attached hydrogen (secondary N) is 1. The predicted octanol–water partition coefficient (Wildman–Crippen LogP) is 4.90. The Morgan fingerprint density at radius 3 is 2.78 bits per heavy atom. The SMILES string of the molecule is N#C/C(=C/c1ccc(-c2ccccc2C#N)o1)c1nc2ccc(F)cc2[nH]1. The van der Waals surface area contributed by atoms with Crippen molar-refractivity contribution in [3.63, 3.8) is 0 Å². The molecule has 0 spiro atoms. The molecule has 2 aromatic carbocycles. The summed E-state index contributed by atoms with van der Waals surface area (Å²) < 4.78 is 19.1.